The number of nitrogens with zero attached hydrogens (tertiary/aromatic N) is 3. The summed E-state index contributed by atoms with van der Waals surface area (Å²) < 4.78 is 1.67. The topological polar surface area (TPSA) is 68.0 Å². The largest absolute Gasteiger partial charge is 0.476 e. The molecule has 5 heteroatoms. The normalized spacial score (nSPS) is 10.9. The molecule has 1 N–H and O–H groups in total. The second-order valence-electron chi connectivity index (χ2n) is 4.89. The number of carboxylic acid groups (broad SMARTS) is 1. The number of hydrogen-bond donors (Lipinski definition) is 1. The van der Waals surface area contributed by atoms with Gasteiger partial charge in [0.1, 0.15) is 0 Å². The smallest absolute Gasteiger partial charge is 0.358 e. The molecule has 100 valence electrons. The van der Waals surface area contributed by atoms with E-state index in [-0.39, 0.29) is 11.7 Å². The second-order valence-corrected chi connectivity index (χ2v) is 4.89. The third kappa shape index (κ3) is 2.81. The van der Waals surface area contributed by atoms with Crippen LogP contribution in [-0.4, -0.2) is 26.1 Å². The van der Waals surface area contributed by atoms with E-state index in [0.29, 0.717) is 12.1 Å². The summed E-state index contributed by atoms with van der Waals surface area (Å²) in [5.74, 6) is -1.03. The van der Waals surface area contributed by atoms with Crippen LogP contribution < -0.4 is 0 Å². The maximum atomic E-state index is 11.2. The van der Waals surface area contributed by atoms with Crippen molar-refractivity contribution >= 4 is 5.97 Å². The average Bonchev–Trinajstić information content (AvgIpc) is 2.72. The van der Waals surface area contributed by atoms with Gasteiger partial charge in [-0.1, -0.05) is 35.0 Å². The number of rotatable bonds is 4. The summed E-state index contributed by atoms with van der Waals surface area (Å²) in [5, 5.41) is 16.9. The molecule has 0 saturated heterocycles. The Balaban J connectivity index is 2.42. The van der Waals surface area contributed by atoms with Gasteiger partial charge in [-0.25, -0.2) is 9.48 Å². The lowest BCUT2D eigenvalue weighted by Crippen LogP contribution is -2.11. The maximum absolute atomic E-state index is 11.2. The molecule has 0 spiro atoms. The highest BCUT2D eigenvalue weighted by molar-refractivity contribution is 5.86. The van der Waals surface area contributed by atoms with Crippen LogP contribution in [0.15, 0.2) is 24.3 Å². The first-order chi connectivity index (χ1) is 8.99. The quantitative estimate of drug-likeness (QED) is 0.915. The molecule has 19 heavy (non-hydrogen) atoms. The summed E-state index contributed by atoms with van der Waals surface area (Å²) in [4.78, 5) is 11.2. The number of aromatic nitrogens is 3. The van der Waals surface area contributed by atoms with Gasteiger partial charge in [-0.2, -0.15) is 0 Å². The Morgan fingerprint density at radius 3 is 2.74 bits per heavy atom. The third-order valence-electron chi connectivity index (χ3n) is 2.94. The van der Waals surface area contributed by atoms with Gasteiger partial charge in [-0.15, -0.1) is 5.10 Å². The van der Waals surface area contributed by atoms with Gasteiger partial charge in [-0.05, 0) is 26.3 Å². The lowest BCUT2D eigenvalue weighted by Gasteiger charge is -2.10. The minimum absolute atomic E-state index is 0.0372. The lowest BCUT2D eigenvalue weighted by atomic mass is 10.1. The number of aromatic carboxylic acids is 1. The fraction of sp³-hybridized carbons (Fsp3) is 0.357. The minimum atomic E-state index is -1.03. The molecule has 0 unspecified atom stereocenters. The standard InChI is InChI=1S/C14H17N3O2/c1-9(2)17-12(13(14(18)19)15-16-17)8-11-6-4-5-10(3)7-11/h4-7,9H,8H2,1-3H3,(H,18,19). The molecule has 2 aromatic rings. The summed E-state index contributed by atoms with van der Waals surface area (Å²) in [5.41, 5.74) is 2.90. The number of hydrogen-bond acceptors (Lipinski definition) is 3. The first-order valence-electron chi connectivity index (χ1n) is 6.22. The van der Waals surface area contributed by atoms with Gasteiger partial charge in [0, 0.05) is 12.5 Å². The zero-order valence-electron chi connectivity index (χ0n) is 11.3. The summed E-state index contributed by atoms with van der Waals surface area (Å²) in [7, 11) is 0. The molecule has 2 rings (SSSR count). The van der Waals surface area contributed by atoms with Gasteiger partial charge >= 0.3 is 5.97 Å². The Morgan fingerprint density at radius 2 is 2.16 bits per heavy atom. The molecule has 1 aromatic carbocycles. The first-order valence-corrected chi connectivity index (χ1v) is 6.22. The van der Waals surface area contributed by atoms with Crippen molar-refractivity contribution in [2.24, 2.45) is 0 Å². The van der Waals surface area contributed by atoms with Crippen molar-refractivity contribution in [2.45, 2.75) is 33.2 Å². The molecule has 0 fully saturated rings. The third-order valence-corrected chi connectivity index (χ3v) is 2.94. The van der Waals surface area contributed by atoms with Gasteiger partial charge in [0.2, 0.25) is 0 Å². The SMILES string of the molecule is Cc1cccc(Cc2c(C(=O)O)nnn2C(C)C)c1. The highest BCUT2D eigenvalue weighted by Gasteiger charge is 2.20. The fourth-order valence-corrected chi connectivity index (χ4v) is 2.07. The van der Waals surface area contributed by atoms with Crippen LogP contribution in [0.5, 0.6) is 0 Å². The van der Waals surface area contributed by atoms with Crippen molar-refractivity contribution in [3.63, 3.8) is 0 Å². The summed E-state index contributed by atoms with van der Waals surface area (Å²) >= 11 is 0. The Morgan fingerprint density at radius 1 is 1.42 bits per heavy atom. The van der Waals surface area contributed by atoms with E-state index in [1.807, 2.05) is 45.0 Å². The zero-order valence-corrected chi connectivity index (χ0v) is 11.3. The van der Waals surface area contributed by atoms with Crippen LogP contribution in [0.25, 0.3) is 0 Å². The molecule has 0 saturated carbocycles. The van der Waals surface area contributed by atoms with E-state index < -0.39 is 5.97 Å². The van der Waals surface area contributed by atoms with Crippen molar-refractivity contribution in [2.75, 3.05) is 0 Å². The molecule has 1 aromatic heterocycles. The fourth-order valence-electron chi connectivity index (χ4n) is 2.07. The van der Waals surface area contributed by atoms with Crippen LogP contribution in [0.1, 0.15) is 47.2 Å². The van der Waals surface area contributed by atoms with E-state index in [1.54, 1.807) is 4.68 Å². The van der Waals surface area contributed by atoms with Crippen LogP contribution >= 0.6 is 0 Å². The van der Waals surface area contributed by atoms with Crippen LogP contribution in [0, 0.1) is 6.92 Å². The van der Waals surface area contributed by atoms with Crippen LogP contribution in [0.3, 0.4) is 0 Å². The Hall–Kier alpha value is -2.17. The molecular weight excluding hydrogens is 242 g/mol. The van der Waals surface area contributed by atoms with Crippen molar-refractivity contribution in [3.05, 3.63) is 46.8 Å². The average molecular weight is 259 g/mol. The molecule has 0 aliphatic rings. The minimum Gasteiger partial charge on any atom is -0.476 e. The van der Waals surface area contributed by atoms with Crippen molar-refractivity contribution in [1.29, 1.82) is 0 Å². The Kier molecular flexibility index (Phi) is 3.64. The Labute approximate surface area is 111 Å². The molecule has 0 aliphatic heterocycles. The van der Waals surface area contributed by atoms with Crippen molar-refractivity contribution in [1.82, 2.24) is 15.0 Å². The summed E-state index contributed by atoms with van der Waals surface area (Å²) in [6.45, 7) is 5.93. The molecule has 0 radical (unpaired) electrons. The van der Waals surface area contributed by atoms with E-state index in [9.17, 15) is 9.90 Å². The summed E-state index contributed by atoms with van der Waals surface area (Å²) in [6, 6.07) is 8.09. The first kappa shape index (κ1) is 13.3. The monoisotopic (exact) mass is 259 g/mol. The lowest BCUT2D eigenvalue weighted by molar-refractivity contribution is 0.0689. The second kappa shape index (κ2) is 5.22. The Bertz CT molecular complexity index is 602. The van der Waals surface area contributed by atoms with Gasteiger partial charge < -0.3 is 5.11 Å². The van der Waals surface area contributed by atoms with E-state index in [4.69, 9.17) is 0 Å². The van der Waals surface area contributed by atoms with Gasteiger partial charge in [0.15, 0.2) is 5.69 Å². The predicted octanol–water partition coefficient (Wildman–Crippen LogP) is 2.46. The van der Waals surface area contributed by atoms with E-state index in [0.717, 1.165) is 11.1 Å². The molecule has 0 amide bonds. The highest BCUT2D eigenvalue weighted by Crippen LogP contribution is 2.17. The molecule has 1 heterocycles. The molecular formula is C14H17N3O2. The van der Waals surface area contributed by atoms with E-state index in [2.05, 4.69) is 10.3 Å². The summed E-state index contributed by atoms with van der Waals surface area (Å²) in [6.07, 6.45) is 0.522. The van der Waals surface area contributed by atoms with E-state index >= 15 is 0 Å². The van der Waals surface area contributed by atoms with Gasteiger partial charge in [0.05, 0.1) is 5.69 Å². The molecule has 0 bridgehead atoms. The van der Waals surface area contributed by atoms with Crippen LogP contribution in [0.2, 0.25) is 0 Å². The number of carbonyl (C=O) groups is 1. The number of carboxylic acids is 1. The van der Waals surface area contributed by atoms with Gasteiger partial charge in [0.25, 0.3) is 0 Å². The number of aryl methyl sites for hydroxylation is 1. The predicted molar refractivity (Wildman–Crippen MR) is 71.4 cm³/mol. The zero-order chi connectivity index (χ0) is 14.0. The molecule has 0 aliphatic carbocycles. The van der Waals surface area contributed by atoms with Crippen molar-refractivity contribution < 1.29 is 9.90 Å². The highest BCUT2D eigenvalue weighted by atomic mass is 16.4. The molecule has 5 nitrogen and oxygen atoms in total. The van der Waals surface area contributed by atoms with E-state index in [1.165, 1.54) is 0 Å². The van der Waals surface area contributed by atoms with Gasteiger partial charge in [-0.3, -0.25) is 0 Å². The van der Waals surface area contributed by atoms with Crippen LogP contribution in [-0.2, 0) is 6.42 Å². The molecule has 0 atom stereocenters. The van der Waals surface area contributed by atoms with Crippen molar-refractivity contribution in [3.8, 4) is 0 Å². The number of benzene rings is 1. The van der Waals surface area contributed by atoms with Crippen LogP contribution in [0.4, 0.5) is 0 Å². The maximum Gasteiger partial charge on any atom is 0.358 e.